The summed E-state index contributed by atoms with van der Waals surface area (Å²) in [4.78, 5) is 11.6. The molecule has 1 aromatic rings. The molecule has 0 saturated heterocycles. The molecule has 2 aliphatic carbocycles. The van der Waals surface area contributed by atoms with E-state index in [0.29, 0.717) is 23.8 Å². The van der Waals surface area contributed by atoms with Gasteiger partial charge < -0.3 is 14.9 Å². The van der Waals surface area contributed by atoms with Gasteiger partial charge in [0, 0.05) is 12.5 Å². The molecule has 2 N–H and O–H groups in total. The molecule has 4 atom stereocenters. The maximum Gasteiger partial charge on any atom is 0.308 e. The molecule has 0 unspecified atom stereocenters. The number of aromatic hydroxyl groups is 2. The molecule has 148 valence electrons. The molecular weight excluding hydrogens is 340 g/mol. The van der Waals surface area contributed by atoms with Crippen LogP contribution < -0.4 is 4.74 Å². The van der Waals surface area contributed by atoms with Crippen LogP contribution in [0.5, 0.6) is 17.2 Å². The summed E-state index contributed by atoms with van der Waals surface area (Å²) in [5.74, 6) is 0.519. The van der Waals surface area contributed by atoms with E-state index in [1.165, 1.54) is 31.1 Å². The number of carbonyl (C=O) groups is 1. The fraction of sp³-hybridized carbons (Fsp3) is 0.609. The highest BCUT2D eigenvalue weighted by atomic mass is 16.5. The predicted octanol–water partition coefficient (Wildman–Crippen LogP) is 5.36. The van der Waals surface area contributed by atoms with E-state index >= 15 is 0 Å². The van der Waals surface area contributed by atoms with Crippen molar-refractivity contribution in [3.05, 3.63) is 29.3 Å². The van der Waals surface area contributed by atoms with E-state index in [2.05, 4.69) is 33.8 Å². The van der Waals surface area contributed by atoms with E-state index in [-0.39, 0.29) is 28.1 Å². The van der Waals surface area contributed by atoms with Crippen molar-refractivity contribution in [3.63, 3.8) is 0 Å². The Hall–Kier alpha value is -1.97. The van der Waals surface area contributed by atoms with Gasteiger partial charge in [0.05, 0.1) is 0 Å². The van der Waals surface area contributed by atoms with E-state index in [9.17, 15) is 15.0 Å². The van der Waals surface area contributed by atoms with E-state index in [0.717, 1.165) is 19.3 Å². The first-order valence-corrected chi connectivity index (χ1v) is 9.99. The summed E-state index contributed by atoms with van der Waals surface area (Å²) in [6, 6.07) is 2.86. The highest BCUT2D eigenvalue weighted by Gasteiger charge is 2.53. The van der Waals surface area contributed by atoms with Gasteiger partial charge in [-0.3, -0.25) is 4.79 Å². The quantitative estimate of drug-likeness (QED) is 0.324. The molecule has 0 aliphatic heterocycles. The van der Waals surface area contributed by atoms with Gasteiger partial charge in [0.2, 0.25) is 0 Å². The van der Waals surface area contributed by atoms with E-state index < -0.39 is 5.97 Å². The lowest BCUT2D eigenvalue weighted by Crippen LogP contribution is -2.50. The largest absolute Gasteiger partial charge is 0.508 e. The van der Waals surface area contributed by atoms with Gasteiger partial charge in [-0.25, -0.2) is 0 Å². The first-order chi connectivity index (χ1) is 12.6. The van der Waals surface area contributed by atoms with Crippen molar-refractivity contribution in [2.45, 2.75) is 66.7 Å². The summed E-state index contributed by atoms with van der Waals surface area (Å²) >= 11 is 0. The van der Waals surface area contributed by atoms with Crippen molar-refractivity contribution in [1.29, 1.82) is 0 Å². The van der Waals surface area contributed by atoms with E-state index in [4.69, 9.17) is 4.74 Å². The van der Waals surface area contributed by atoms with Gasteiger partial charge in [0.15, 0.2) is 11.5 Å². The van der Waals surface area contributed by atoms with Crippen LogP contribution in [0.1, 0.15) is 65.9 Å². The smallest absolute Gasteiger partial charge is 0.308 e. The van der Waals surface area contributed by atoms with Crippen molar-refractivity contribution in [2.24, 2.45) is 22.7 Å². The molecule has 0 radical (unpaired) electrons. The molecule has 4 nitrogen and oxygen atoms in total. The Morgan fingerprint density at radius 2 is 1.89 bits per heavy atom. The zero-order valence-electron chi connectivity index (χ0n) is 17.1. The summed E-state index contributed by atoms with van der Waals surface area (Å²) in [6.07, 6.45) is 7.46. The predicted molar refractivity (Wildman–Crippen MR) is 106 cm³/mol. The van der Waals surface area contributed by atoms with Crippen molar-refractivity contribution in [1.82, 2.24) is 0 Å². The number of carbonyl (C=O) groups excluding carboxylic acids is 1. The summed E-state index contributed by atoms with van der Waals surface area (Å²) in [7, 11) is 0. The fourth-order valence-electron chi connectivity index (χ4n) is 5.62. The Morgan fingerprint density at radius 3 is 2.56 bits per heavy atom. The number of benzene rings is 1. The molecule has 0 spiro atoms. The highest BCUT2D eigenvalue weighted by Crippen LogP contribution is 2.62. The summed E-state index contributed by atoms with van der Waals surface area (Å²) < 4.78 is 5.30. The second kappa shape index (κ2) is 6.88. The van der Waals surface area contributed by atoms with Gasteiger partial charge in [-0.15, -0.1) is 0 Å². The van der Waals surface area contributed by atoms with Crippen molar-refractivity contribution < 1.29 is 19.7 Å². The average molecular weight is 373 g/mol. The van der Waals surface area contributed by atoms with Crippen LogP contribution in [0.15, 0.2) is 23.8 Å². The third kappa shape index (κ3) is 3.24. The molecule has 0 bridgehead atoms. The molecule has 3 rings (SSSR count). The van der Waals surface area contributed by atoms with E-state index in [1.807, 2.05) is 0 Å². The molecule has 1 saturated carbocycles. The minimum Gasteiger partial charge on any atom is -0.508 e. The lowest BCUT2D eigenvalue weighted by atomic mass is 9.47. The van der Waals surface area contributed by atoms with Crippen molar-refractivity contribution in [3.8, 4) is 17.2 Å². The Bertz CT molecular complexity index is 781. The SMILES string of the molecule is CC(=O)Oc1c(O)ccc(O)c1C[C@]1(C)[C@@H](C)CC[C@]2(C)C(C)=CCC[C@@H]12. The van der Waals surface area contributed by atoms with Gasteiger partial charge in [-0.05, 0) is 73.8 Å². The third-order valence-corrected chi connectivity index (χ3v) is 7.61. The number of phenols is 2. The van der Waals surface area contributed by atoms with E-state index in [1.54, 1.807) is 0 Å². The lowest BCUT2D eigenvalue weighted by Gasteiger charge is -2.58. The molecule has 0 amide bonds. The van der Waals surface area contributed by atoms with Crippen LogP contribution in [0.3, 0.4) is 0 Å². The van der Waals surface area contributed by atoms with Gasteiger partial charge in [0.25, 0.3) is 0 Å². The molecule has 4 heteroatoms. The maximum atomic E-state index is 11.6. The Labute approximate surface area is 162 Å². The van der Waals surface area contributed by atoms with Crippen LogP contribution >= 0.6 is 0 Å². The lowest BCUT2D eigenvalue weighted by molar-refractivity contribution is -0.132. The highest BCUT2D eigenvalue weighted by molar-refractivity contribution is 5.72. The van der Waals surface area contributed by atoms with Crippen LogP contribution in [0, 0.1) is 22.7 Å². The van der Waals surface area contributed by atoms with Gasteiger partial charge in [-0.1, -0.05) is 32.4 Å². The fourth-order valence-corrected chi connectivity index (χ4v) is 5.62. The normalized spacial score (nSPS) is 33.1. The molecule has 27 heavy (non-hydrogen) atoms. The zero-order chi connectivity index (χ0) is 20.0. The number of phenolic OH excluding ortho intramolecular Hbond substituents is 2. The Kier molecular flexibility index (Phi) is 5.04. The maximum absolute atomic E-state index is 11.6. The van der Waals surface area contributed by atoms with Crippen LogP contribution in [-0.2, 0) is 11.2 Å². The molecule has 0 aromatic heterocycles. The summed E-state index contributed by atoms with van der Waals surface area (Å²) in [5, 5.41) is 20.8. The number of hydrogen-bond donors (Lipinski definition) is 2. The first-order valence-electron chi connectivity index (χ1n) is 9.99. The van der Waals surface area contributed by atoms with Gasteiger partial charge in [-0.2, -0.15) is 0 Å². The Balaban J connectivity index is 2.07. The zero-order valence-corrected chi connectivity index (χ0v) is 17.1. The standard InChI is InChI=1S/C23H32O4/c1-14-7-6-8-20-22(14,4)12-11-15(2)23(20,5)13-17-18(25)9-10-19(26)21(17)27-16(3)24/h7,9-10,15,20,25-26H,6,8,11-13H2,1-5H3/t15-,20+,22+,23+/m0/s1. The molecule has 2 aliphatic rings. The molecule has 1 aromatic carbocycles. The summed E-state index contributed by atoms with van der Waals surface area (Å²) in [6.45, 7) is 10.5. The average Bonchev–Trinajstić information content (AvgIpc) is 2.60. The number of ether oxygens (including phenoxy) is 1. The topological polar surface area (TPSA) is 66.8 Å². The number of fused-ring (bicyclic) bond motifs is 1. The second-order valence-corrected chi connectivity index (χ2v) is 9.06. The van der Waals surface area contributed by atoms with Crippen molar-refractivity contribution >= 4 is 5.97 Å². The molecule has 0 heterocycles. The number of hydrogen-bond acceptors (Lipinski definition) is 4. The number of rotatable bonds is 3. The monoisotopic (exact) mass is 372 g/mol. The van der Waals surface area contributed by atoms with Crippen LogP contribution in [0.4, 0.5) is 0 Å². The molecular formula is C23H32O4. The van der Waals surface area contributed by atoms with Crippen LogP contribution in [0.25, 0.3) is 0 Å². The molecule has 1 fully saturated rings. The number of esters is 1. The summed E-state index contributed by atoms with van der Waals surface area (Å²) in [5.41, 5.74) is 2.10. The van der Waals surface area contributed by atoms with Crippen molar-refractivity contribution in [2.75, 3.05) is 0 Å². The second-order valence-electron chi connectivity index (χ2n) is 9.06. The minimum atomic E-state index is -0.500. The van der Waals surface area contributed by atoms with Gasteiger partial charge >= 0.3 is 5.97 Å². The van der Waals surface area contributed by atoms with Crippen LogP contribution in [0.2, 0.25) is 0 Å². The number of allylic oxidation sites excluding steroid dienone is 2. The first kappa shape index (κ1) is 19.8. The minimum absolute atomic E-state index is 0.0668. The van der Waals surface area contributed by atoms with Gasteiger partial charge in [0.1, 0.15) is 5.75 Å². The third-order valence-electron chi connectivity index (χ3n) is 7.61. The van der Waals surface area contributed by atoms with Crippen LogP contribution in [-0.4, -0.2) is 16.2 Å². The Morgan fingerprint density at radius 1 is 1.22 bits per heavy atom.